The first-order valence-electron chi connectivity index (χ1n) is 22.5. The number of amides is 2. The summed E-state index contributed by atoms with van der Waals surface area (Å²) in [5, 5.41) is 21.7. The summed E-state index contributed by atoms with van der Waals surface area (Å²) in [5.41, 5.74) is 14.0. The number of aliphatic hydroxyl groups is 1. The summed E-state index contributed by atoms with van der Waals surface area (Å²) in [6.07, 6.45) is 13.2. The topological polar surface area (TPSA) is 215 Å². The minimum atomic E-state index is -1.17. The van der Waals surface area contributed by atoms with E-state index in [9.17, 15) is 34.3 Å². The molecule has 3 rings (SSSR count). The molecule has 1 aliphatic heterocycles. The zero-order chi connectivity index (χ0) is 44.6. The molecule has 4 bridgehead atoms. The van der Waals surface area contributed by atoms with E-state index in [4.69, 9.17) is 20.9 Å². The molecule has 2 aromatic rings. The first-order valence-corrected chi connectivity index (χ1v) is 22.5. The van der Waals surface area contributed by atoms with Gasteiger partial charge in [0.1, 0.15) is 36.5 Å². The average molecular weight is 846 g/mol. The van der Waals surface area contributed by atoms with E-state index >= 15 is 0 Å². The van der Waals surface area contributed by atoms with Crippen LogP contribution in [0.3, 0.4) is 0 Å². The molecule has 336 valence electrons. The minimum absolute atomic E-state index is 0.00847. The molecule has 1 aliphatic rings. The number of hydrogen-bond acceptors (Lipinski definition) is 11. The van der Waals surface area contributed by atoms with Crippen LogP contribution in [0.15, 0.2) is 36.4 Å². The SMILES string of the molecule is CCCCCCCCCCCCCC(=O)C[C@@H](CCN)C(=O)N(C)[C@@H]1C(=O)C[C@@H](C)C(=O)N[C@H](C(=O)CCC#N)Cc2ccc(OCCO)c(c2)-c2cc1ccc2OCCN. The highest BCUT2D eigenvalue weighted by atomic mass is 16.5. The van der Waals surface area contributed by atoms with Gasteiger partial charge in [-0.3, -0.25) is 24.0 Å². The first kappa shape index (κ1) is 50.7. The molecule has 13 heteroatoms. The maximum Gasteiger partial charge on any atom is 0.226 e. The highest BCUT2D eigenvalue weighted by molar-refractivity contribution is 5.96. The van der Waals surface area contributed by atoms with Crippen LogP contribution < -0.4 is 26.3 Å². The van der Waals surface area contributed by atoms with E-state index in [2.05, 4.69) is 12.2 Å². The van der Waals surface area contributed by atoms with Crippen molar-refractivity contribution in [3.8, 4) is 28.7 Å². The number of likely N-dealkylation sites (N-methyl/N-ethyl adjacent to an activating group) is 1. The molecule has 2 amide bonds. The third-order valence-corrected chi connectivity index (χ3v) is 11.4. The number of nitriles is 1. The molecule has 2 aromatic carbocycles. The number of ketones is 3. The predicted octanol–water partition coefficient (Wildman–Crippen LogP) is 6.70. The van der Waals surface area contributed by atoms with E-state index in [1.807, 2.05) is 6.07 Å². The summed E-state index contributed by atoms with van der Waals surface area (Å²) < 4.78 is 12.1. The zero-order valence-corrected chi connectivity index (χ0v) is 36.9. The van der Waals surface area contributed by atoms with Crippen LogP contribution in [-0.4, -0.2) is 85.2 Å². The third kappa shape index (κ3) is 16.6. The van der Waals surface area contributed by atoms with Crippen LogP contribution >= 0.6 is 0 Å². The van der Waals surface area contributed by atoms with Crippen molar-refractivity contribution >= 4 is 29.2 Å². The molecule has 0 saturated carbocycles. The summed E-state index contributed by atoms with van der Waals surface area (Å²) in [4.78, 5) is 70.8. The van der Waals surface area contributed by atoms with E-state index in [1.165, 1.54) is 56.9 Å². The molecular weight excluding hydrogens is 775 g/mol. The number of nitrogens with zero attached hydrogens (tertiary/aromatic N) is 2. The molecule has 0 aromatic heterocycles. The van der Waals surface area contributed by atoms with Gasteiger partial charge in [0, 0.05) is 68.7 Å². The number of ether oxygens (including phenoxy) is 2. The largest absolute Gasteiger partial charge is 0.492 e. The smallest absolute Gasteiger partial charge is 0.226 e. The van der Waals surface area contributed by atoms with Gasteiger partial charge in [0.15, 0.2) is 11.6 Å². The van der Waals surface area contributed by atoms with Crippen molar-refractivity contribution in [2.24, 2.45) is 23.3 Å². The van der Waals surface area contributed by atoms with Gasteiger partial charge >= 0.3 is 0 Å². The number of nitrogens with two attached hydrogens (primary N) is 2. The minimum Gasteiger partial charge on any atom is -0.492 e. The van der Waals surface area contributed by atoms with Crippen molar-refractivity contribution in [3.05, 3.63) is 47.5 Å². The summed E-state index contributed by atoms with van der Waals surface area (Å²) in [7, 11) is 1.54. The van der Waals surface area contributed by atoms with Gasteiger partial charge in [-0.2, -0.15) is 5.26 Å². The Labute approximate surface area is 363 Å². The van der Waals surface area contributed by atoms with Crippen LogP contribution in [0, 0.1) is 23.2 Å². The van der Waals surface area contributed by atoms with Crippen LogP contribution in [0.1, 0.15) is 140 Å². The summed E-state index contributed by atoms with van der Waals surface area (Å²) in [6.45, 7) is 4.11. The first-order chi connectivity index (χ1) is 29.5. The van der Waals surface area contributed by atoms with Gasteiger partial charge in [-0.15, -0.1) is 0 Å². The molecule has 6 N–H and O–H groups in total. The number of benzene rings is 2. The fourth-order valence-electron chi connectivity index (χ4n) is 7.99. The Balaban J connectivity index is 1.98. The van der Waals surface area contributed by atoms with Gasteiger partial charge in [0.25, 0.3) is 0 Å². The molecule has 0 radical (unpaired) electrons. The Kier molecular flexibility index (Phi) is 23.3. The van der Waals surface area contributed by atoms with Gasteiger partial charge in [0.2, 0.25) is 11.8 Å². The quantitative estimate of drug-likeness (QED) is 0.0695. The van der Waals surface area contributed by atoms with Crippen LogP contribution in [0.5, 0.6) is 11.5 Å². The lowest BCUT2D eigenvalue weighted by molar-refractivity contribution is -0.143. The molecule has 1 heterocycles. The molecule has 4 atom stereocenters. The van der Waals surface area contributed by atoms with Crippen molar-refractivity contribution < 1.29 is 38.6 Å². The lowest BCUT2D eigenvalue weighted by Crippen LogP contribution is -2.46. The van der Waals surface area contributed by atoms with Gasteiger partial charge in [-0.05, 0) is 61.2 Å². The number of unbranched alkanes of at least 4 members (excludes halogenated alkanes) is 10. The van der Waals surface area contributed by atoms with Gasteiger partial charge in [0.05, 0.1) is 18.7 Å². The fraction of sp³-hybridized carbons (Fsp3) is 0.625. The molecule has 0 unspecified atom stereocenters. The number of Topliss-reactive ketones (excluding diaryl/α,β-unsaturated/α-hetero) is 3. The zero-order valence-electron chi connectivity index (χ0n) is 36.9. The van der Waals surface area contributed by atoms with Crippen LogP contribution in [0.2, 0.25) is 0 Å². The Morgan fingerprint density at radius 3 is 2.11 bits per heavy atom. The highest BCUT2D eigenvalue weighted by Gasteiger charge is 2.36. The lowest BCUT2D eigenvalue weighted by Gasteiger charge is -2.32. The molecule has 0 spiro atoms. The van der Waals surface area contributed by atoms with E-state index in [0.717, 1.165) is 25.7 Å². The van der Waals surface area contributed by atoms with Gasteiger partial charge < -0.3 is 36.3 Å². The molecule has 61 heavy (non-hydrogen) atoms. The van der Waals surface area contributed by atoms with E-state index in [-0.39, 0.29) is 83.0 Å². The van der Waals surface area contributed by atoms with Crippen molar-refractivity contribution in [1.82, 2.24) is 10.2 Å². The van der Waals surface area contributed by atoms with Crippen molar-refractivity contribution in [2.75, 3.05) is 40.0 Å². The number of aliphatic hydroxyl groups excluding tert-OH is 1. The number of carbonyl (C=O) groups is 5. The predicted molar refractivity (Wildman–Crippen MR) is 237 cm³/mol. The van der Waals surface area contributed by atoms with Crippen LogP contribution in [0.25, 0.3) is 11.1 Å². The molecule has 0 fully saturated rings. The second kappa shape index (κ2) is 28.1. The number of nitrogens with one attached hydrogen (secondary N) is 1. The van der Waals surface area contributed by atoms with E-state index in [1.54, 1.807) is 43.3 Å². The Hall–Kier alpha value is -4.64. The Bertz CT molecular complexity index is 1760. The number of fused-ring (bicyclic) bond motifs is 5. The number of hydrogen-bond donors (Lipinski definition) is 4. The summed E-state index contributed by atoms with van der Waals surface area (Å²) in [6, 6.07) is 10.3. The van der Waals surface area contributed by atoms with E-state index in [0.29, 0.717) is 40.2 Å². The Morgan fingerprint density at radius 1 is 0.869 bits per heavy atom. The highest BCUT2D eigenvalue weighted by Crippen LogP contribution is 2.41. The normalized spacial score (nSPS) is 17.1. The number of carbonyl (C=O) groups excluding carboxylic acids is 5. The summed E-state index contributed by atoms with van der Waals surface area (Å²) in [5.74, 6) is -2.52. The fourth-order valence-corrected chi connectivity index (χ4v) is 7.99. The monoisotopic (exact) mass is 846 g/mol. The second-order valence-electron chi connectivity index (χ2n) is 16.4. The van der Waals surface area contributed by atoms with Crippen molar-refractivity contribution in [1.29, 1.82) is 5.26 Å². The maximum atomic E-state index is 14.6. The molecule has 0 saturated heterocycles. The standard InChI is InChI=1S/C48H71N5O8/c1-4-5-6-7-8-9-10-11-12-13-14-16-38(55)32-37(22-24-50)48(59)53(3)46-36-19-21-45(60-27-25-51)40(33-36)39-30-35(18-20-44(39)61-28-26-54)31-41(42(56)17-15-23-49)52-47(58)34(2)29-43(46)57/h18-21,30,33-34,37,41,46,54H,4-17,22,24-29,31-32,50-51H2,1-3H3,(H,52,58)/t34-,37-,41+,46+/m1/s1. The van der Waals surface area contributed by atoms with Gasteiger partial charge in [-0.1, -0.05) is 90.2 Å². The van der Waals surface area contributed by atoms with Crippen LogP contribution in [0.4, 0.5) is 0 Å². The lowest BCUT2D eigenvalue weighted by atomic mass is 9.88. The molecular formula is C48H71N5O8. The Morgan fingerprint density at radius 2 is 1.49 bits per heavy atom. The van der Waals surface area contributed by atoms with Gasteiger partial charge in [-0.25, -0.2) is 0 Å². The summed E-state index contributed by atoms with van der Waals surface area (Å²) >= 11 is 0. The van der Waals surface area contributed by atoms with Crippen molar-refractivity contribution in [2.45, 2.75) is 142 Å². The second-order valence-corrected chi connectivity index (χ2v) is 16.4. The van der Waals surface area contributed by atoms with E-state index < -0.39 is 41.5 Å². The third-order valence-electron chi connectivity index (χ3n) is 11.4. The molecule has 0 aliphatic carbocycles. The van der Waals surface area contributed by atoms with Crippen LogP contribution in [-0.2, 0) is 30.4 Å². The molecule has 13 nitrogen and oxygen atoms in total. The average Bonchev–Trinajstić information content (AvgIpc) is 3.25. The maximum absolute atomic E-state index is 14.6. The number of rotatable bonds is 27. The van der Waals surface area contributed by atoms with Crippen molar-refractivity contribution in [3.63, 3.8) is 0 Å².